The number of ether oxygens (including phenoxy) is 1. The largest absolute Gasteiger partial charge is 0.507 e. The average molecular weight is 428 g/mol. The SMILES string of the molecule is COc1ccccc1C1/C(=C(\O)c2ccc(C)c(C)c2)C(=O)C(=O)N1Cc1cccnc1. The molecule has 1 saturated heterocycles. The lowest BCUT2D eigenvalue weighted by molar-refractivity contribution is -0.140. The van der Waals surface area contributed by atoms with Gasteiger partial charge in [-0.2, -0.15) is 0 Å². The number of aryl methyl sites for hydroxylation is 2. The monoisotopic (exact) mass is 428 g/mol. The van der Waals surface area contributed by atoms with E-state index in [1.165, 1.54) is 12.0 Å². The van der Waals surface area contributed by atoms with Crippen LogP contribution in [-0.2, 0) is 16.1 Å². The summed E-state index contributed by atoms with van der Waals surface area (Å²) in [6.07, 6.45) is 3.30. The van der Waals surface area contributed by atoms with E-state index in [9.17, 15) is 14.7 Å². The molecule has 1 fully saturated rings. The van der Waals surface area contributed by atoms with E-state index >= 15 is 0 Å². The number of amides is 1. The molecule has 0 spiro atoms. The first kappa shape index (κ1) is 21.3. The Morgan fingerprint density at radius 3 is 2.53 bits per heavy atom. The van der Waals surface area contributed by atoms with Crippen molar-refractivity contribution in [2.45, 2.75) is 26.4 Å². The van der Waals surface area contributed by atoms with Gasteiger partial charge in [-0.3, -0.25) is 14.6 Å². The van der Waals surface area contributed by atoms with Crippen LogP contribution in [0.4, 0.5) is 0 Å². The number of likely N-dealkylation sites (tertiary alicyclic amines) is 1. The van der Waals surface area contributed by atoms with Crippen molar-refractivity contribution in [2.24, 2.45) is 0 Å². The van der Waals surface area contributed by atoms with Crippen molar-refractivity contribution < 1.29 is 19.4 Å². The van der Waals surface area contributed by atoms with Gasteiger partial charge in [-0.05, 0) is 48.7 Å². The summed E-state index contributed by atoms with van der Waals surface area (Å²) in [7, 11) is 1.54. The van der Waals surface area contributed by atoms with Crippen molar-refractivity contribution in [3.8, 4) is 5.75 Å². The number of hydrogen-bond acceptors (Lipinski definition) is 5. The predicted octanol–water partition coefficient (Wildman–Crippen LogP) is 4.33. The molecule has 1 aromatic heterocycles. The number of ketones is 1. The molecule has 32 heavy (non-hydrogen) atoms. The van der Waals surface area contributed by atoms with E-state index in [-0.39, 0.29) is 17.9 Å². The number of pyridine rings is 1. The second kappa shape index (κ2) is 8.67. The van der Waals surface area contributed by atoms with E-state index in [1.54, 1.807) is 36.7 Å². The summed E-state index contributed by atoms with van der Waals surface area (Å²) < 4.78 is 5.53. The smallest absolute Gasteiger partial charge is 0.295 e. The number of hydrogen-bond donors (Lipinski definition) is 1. The van der Waals surface area contributed by atoms with Crippen LogP contribution in [0.2, 0.25) is 0 Å². The van der Waals surface area contributed by atoms with Gasteiger partial charge in [0.25, 0.3) is 11.7 Å². The fourth-order valence-corrected chi connectivity index (χ4v) is 3.99. The third-order valence-electron chi connectivity index (χ3n) is 5.83. The molecule has 2 aromatic carbocycles. The van der Waals surface area contributed by atoms with Crippen LogP contribution in [0.15, 0.2) is 72.6 Å². The zero-order chi connectivity index (χ0) is 22.8. The highest BCUT2D eigenvalue weighted by Crippen LogP contribution is 2.43. The summed E-state index contributed by atoms with van der Waals surface area (Å²) in [5.74, 6) is -1.06. The molecule has 4 rings (SSSR count). The van der Waals surface area contributed by atoms with Gasteiger partial charge in [-0.1, -0.05) is 36.4 Å². The molecule has 0 radical (unpaired) electrons. The zero-order valence-corrected chi connectivity index (χ0v) is 18.2. The van der Waals surface area contributed by atoms with Crippen LogP contribution < -0.4 is 4.74 Å². The van der Waals surface area contributed by atoms with Gasteiger partial charge in [0.05, 0.1) is 18.7 Å². The zero-order valence-electron chi connectivity index (χ0n) is 18.2. The van der Waals surface area contributed by atoms with Crippen molar-refractivity contribution in [1.29, 1.82) is 0 Å². The van der Waals surface area contributed by atoms with Gasteiger partial charge in [0.15, 0.2) is 0 Å². The molecule has 6 heteroatoms. The second-order valence-electron chi connectivity index (χ2n) is 7.83. The number of methoxy groups -OCH3 is 1. The fourth-order valence-electron chi connectivity index (χ4n) is 3.99. The minimum absolute atomic E-state index is 0.0478. The predicted molar refractivity (Wildman–Crippen MR) is 121 cm³/mol. The first-order valence-corrected chi connectivity index (χ1v) is 10.3. The summed E-state index contributed by atoms with van der Waals surface area (Å²) >= 11 is 0. The standard InChI is InChI=1S/C26H24N2O4/c1-16-10-11-19(13-17(16)2)24(29)22-23(20-8-4-5-9-21(20)32-3)28(26(31)25(22)30)15-18-7-6-12-27-14-18/h4-14,23,29H,15H2,1-3H3/b24-22+. The van der Waals surface area contributed by atoms with Gasteiger partial charge in [-0.25, -0.2) is 0 Å². The molecule has 1 amide bonds. The van der Waals surface area contributed by atoms with Crippen LogP contribution in [0.3, 0.4) is 0 Å². The highest BCUT2D eigenvalue weighted by Gasteiger charge is 2.47. The molecule has 6 nitrogen and oxygen atoms in total. The molecular weight excluding hydrogens is 404 g/mol. The Hall–Kier alpha value is -3.93. The molecule has 1 aliphatic rings. The van der Waals surface area contributed by atoms with Crippen LogP contribution in [0.25, 0.3) is 5.76 Å². The van der Waals surface area contributed by atoms with Crippen LogP contribution in [0.5, 0.6) is 5.75 Å². The number of benzene rings is 2. The van der Waals surface area contributed by atoms with E-state index in [0.29, 0.717) is 16.9 Å². The summed E-state index contributed by atoms with van der Waals surface area (Å²) in [6, 6.07) is 15.5. The van der Waals surface area contributed by atoms with E-state index in [1.807, 2.05) is 44.2 Å². The molecule has 0 bridgehead atoms. The first-order chi connectivity index (χ1) is 15.4. The highest BCUT2D eigenvalue weighted by atomic mass is 16.5. The third-order valence-corrected chi connectivity index (χ3v) is 5.83. The molecule has 1 atom stereocenters. The van der Waals surface area contributed by atoms with Crippen molar-refractivity contribution in [1.82, 2.24) is 9.88 Å². The molecule has 0 saturated carbocycles. The van der Waals surface area contributed by atoms with Crippen LogP contribution in [0.1, 0.15) is 33.9 Å². The van der Waals surface area contributed by atoms with Crippen LogP contribution in [-0.4, -0.2) is 33.8 Å². The maximum absolute atomic E-state index is 13.2. The van der Waals surface area contributed by atoms with Gasteiger partial charge >= 0.3 is 0 Å². The molecule has 2 heterocycles. The van der Waals surface area contributed by atoms with Crippen molar-refractivity contribution >= 4 is 17.4 Å². The third kappa shape index (κ3) is 3.75. The normalized spacial score (nSPS) is 17.6. The Kier molecular flexibility index (Phi) is 5.77. The van der Waals surface area contributed by atoms with Crippen LogP contribution in [0, 0.1) is 13.8 Å². The van der Waals surface area contributed by atoms with Crippen LogP contribution >= 0.6 is 0 Å². The maximum Gasteiger partial charge on any atom is 0.295 e. The maximum atomic E-state index is 13.2. The quantitative estimate of drug-likeness (QED) is 0.372. The van der Waals surface area contributed by atoms with Gasteiger partial charge in [0, 0.05) is 30.1 Å². The fraction of sp³-hybridized carbons (Fsp3) is 0.192. The molecular formula is C26H24N2O4. The van der Waals surface area contributed by atoms with Crippen molar-refractivity contribution in [3.63, 3.8) is 0 Å². The molecule has 162 valence electrons. The summed E-state index contributed by atoms with van der Waals surface area (Å²) in [5.41, 5.74) is 4.00. The Labute approximate surface area is 186 Å². The lowest BCUT2D eigenvalue weighted by Gasteiger charge is -2.26. The minimum atomic E-state index is -0.798. The summed E-state index contributed by atoms with van der Waals surface area (Å²) in [4.78, 5) is 31.9. The Balaban J connectivity index is 1.91. The molecule has 3 aromatic rings. The Morgan fingerprint density at radius 2 is 1.84 bits per heavy atom. The summed E-state index contributed by atoms with van der Waals surface area (Å²) in [6.45, 7) is 4.08. The van der Waals surface area contributed by atoms with Gasteiger partial charge in [-0.15, -0.1) is 0 Å². The number of para-hydroxylation sites is 1. The summed E-state index contributed by atoms with van der Waals surface area (Å²) in [5, 5.41) is 11.2. The molecule has 1 N–H and O–H groups in total. The number of nitrogens with zero attached hydrogens (tertiary/aromatic N) is 2. The lowest BCUT2D eigenvalue weighted by atomic mass is 9.93. The molecule has 1 aliphatic heterocycles. The number of aliphatic hydroxyl groups excluding tert-OH is 1. The van der Waals surface area contributed by atoms with Crippen molar-refractivity contribution in [2.75, 3.05) is 7.11 Å². The highest BCUT2D eigenvalue weighted by molar-refractivity contribution is 6.46. The number of rotatable bonds is 5. The van der Waals surface area contributed by atoms with Gasteiger partial charge in [0.2, 0.25) is 0 Å². The number of aliphatic hydroxyl groups is 1. The Bertz CT molecular complexity index is 1220. The van der Waals surface area contributed by atoms with Crippen molar-refractivity contribution in [3.05, 3.63) is 100 Å². The van der Waals surface area contributed by atoms with E-state index in [2.05, 4.69) is 4.98 Å². The first-order valence-electron chi connectivity index (χ1n) is 10.3. The number of carbonyl (C=O) groups excluding carboxylic acids is 2. The van der Waals surface area contributed by atoms with E-state index in [4.69, 9.17) is 4.74 Å². The number of carbonyl (C=O) groups is 2. The molecule has 0 aliphatic carbocycles. The average Bonchev–Trinajstić information content (AvgIpc) is 3.05. The second-order valence-corrected chi connectivity index (χ2v) is 7.83. The minimum Gasteiger partial charge on any atom is -0.507 e. The van der Waals surface area contributed by atoms with E-state index < -0.39 is 17.7 Å². The van der Waals surface area contributed by atoms with Gasteiger partial charge in [0.1, 0.15) is 11.5 Å². The molecule has 1 unspecified atom stereocenters. The van der Waals surface area contributed by atoms with Gasteiger partial charge < -0.3 is 14.7 Å². The topological polar surface area (TPSA) is 79.7 Å². The lowest BCUT2D eigenvalue weighted by Crippen LogP contribution is -2.29. The Morgan fingerprint density at radius 1 is 1.06 bits per heavy atom. The number of aromatic nitrogens is 1. The number of Topliss-reactive ketones (excluding diaryl/α,β-unsaturated/α-hetero) is 1. The van der Waals surface area contributed by atoms with E-state index in [0.717, 1.165) is 16.7 Å².